The Hall–Kier alpha value is -0.820. The van der Waals surface area contributed by atoms with E-state index in [9.17, 15) is 18.0 Å². The van der Waals surface area contributed by atoms with Crippen molar-refractivity contribution in [1.82, 2.24) is 5.32 Å². The molecular weight excluding hydrogens is 227 g/mol. The van der Waals surface area contributed by atoms with E-state index in [1.165, 1.54) is 7.11 Å². The van der Waals surface area contributed by atoms with Gasteiger partial charge in [-0.3, -0.25) is 5.32 Å². The fourth-order valence-corrected chi connectivity index (χ4v) is 1.26. The summed E-state index contributed by atoms with van der Waals surface area (Å²) in [6.45, 7) is 0.144. The van der Waals surface area contributed by atoms with Crippen molar-refractivity contribution < 1.29 is 27.4 Å². The number of alkyl halides is 3. The number of halogens is 3. The molecule has 0 saturated heterocycles. The van der Waals surface area contributed by atoms with E-state index in [-0.39, 0.29) is 13.0 Å². The lowest BCUT2D eigenvalue weighted by atomic mass is 9.97. The van der Waals surface area contributed by atoms with E-state index in [2.05, 4.69) is 10.1 Å². The number of carbonyl (C=O) groups excluding carboxylic acids is 1. The normalized spacial score (nSPS) is 15.6. The van der Waals surface area contributed by atoms with Crippen molar-refractivity contribution in [2.24, 2.45) is 0 Å². The molecule has 1 N–H and O–H groups in total. The van der Waals surface area contributed by atoms with Crippen LogP contribution in [0.1, 0.15) is 13.3 Å². The highest BCUT2D eigenvalue weighted by molar-refractivity contribution is 5.80. The zero-order valence-electron chi connectivity index (χ0n) is 9.48. The van der Waals surface area contributed by atoms with Crippen molar-refractivity contribution in [3.63, 3.8) is 0 Å². The van der Waals surface area contributed by atoms with Crippen molar-refractivity contribution in [1.29, 1.82) is 0 Å². The van der Waals surface area contributed by atoms with Crippen molar-refractivity contribution in [2.45, 2.75) is 25.1 Å². The first-order chi connectivity index (χ1) is 7.31. The quantitative estimate of drug-likeness (QED) is 0.710. The van der Waals surface area contributed by atoms with E-state index < -0.39 is 24.2 Å². The maximum absolute atomic E-state index is 12.1. The minimum Gasteiger partial charge on any atom is -0.468 e. The first-order valence-electron chi connectivity index (χ1n) is 4.70. The molecule has 0 aliphatic rings. The van der Waals surface area contributed by atoms with Gasteiger partial charge in [-0.1, -0.05) is 6.92 Å². The summed E-state index contributed by atoms with van der Waals surface area (Å²) in [5.74, 6) is -0.763. The average Bonchev–Trinajstić information content (AvgIpc) is 2.22. The molecule has 1 atom stereocenters. The van der Waals surface area contributed by atoms with Gasteiger partial charge in [0, 0.05) is 7.11 Å². The van der Waals surface area contributed by atoms with E-state index in [0.29, 0.717) is 0 Å². The summed E-state index contributed by atoms with van der Waals surface area (Å²) in [5.41, 5.74) is -1.45. The molecule has 4 nitrogen and oxygen atoms in total. The Bertz CT molecular complexity index is 233. The topological polar surface area (TPSA) is 47.6 Å². The molecule has 0 aromatic heterocycles. The van der Waals surface area contributed by atoms with Crippen LogP contribution < -0.4 is 5.32 Å². The van der Waals surface area contributed by atoms with Crippen molar-refractivity contribution in [2.75, 3.05) is 27.4 Å². The highest BCUT2D eigenvalue weighted by Crippen LogP contribution is 2.18. The Kier molecular flexibility index (Phi) is 5.74. The van der Waals surface area contributed by atoms with Crippen LogP contribution in [-0.4, -0.2) is 45.1 Å². The molecule has 0 aliphatic heterocycles. The number of hydrogen-bond acceptors (Lipinski definition) is 4. The first-order valence-corrected chi connectivity index (χ1v) is 4.70. The maximum Gasteiger partial charge on any atom is 0.401 e. The smallest absolute Gasteiger partial charge is 0.401 e. The summed E-state index contributed by atoms with van der Waals surface area (Å²) in [6, 6.07) is 0. The molecule has 96 valence electrons. The molecule has 0 bridgehead atoms. The molecule has 0 saturated carbocycles. The van der Waals surface area contributed by atoms with Crippen LogP contribution in [0.3, 0.4) is 0 Å². The monoisotopic (exact) mass is 243 g/mol. The molecule has 0 aromatic rings. The van der Waals surface area contributed by atoms with Crippen LogP contribution in [0, 0.1) is 0 Å². The maximum atomic E-state index is 12.1. The molecule has 7 heteroatoms. The number of esters is 1. The van der Waals surface area contributed by atoms with E-state index in [4.69, 9.17) is 4.74 Å². The Morgan fingerprint density at radius 3 is 2.19 bits per heavy atom. The highest BCUT2D eigenvalue weighted by Gasteiger charge is 2.41. The van der Waals surface area contributed by atoms with E-state index >= 15 is 0 Å². The van der Waals surface area contributed by atoms with E-state index in [1.807, 2.05) is 0 Å². The Morgan fingerprint density at radius 2 is 1.88 bits per heavy atom. The Labute approximate surface area is 92.1 Å². The fraction of sp³-hybridized carbons (Fsp3) is 0.889. The Morgan fingerprint density at radius 1 is 1.31 bits per heavy atom. The molecular formula is C9H16F3NO3. The summed E-state index contributed by atoms with van der Waals surface area (Å²) >= 11 is 0. The van der Waals surface area contributed by atoms with Gasteiger partial charge in [0.25, 0.3) is 0 Å². The van der Waals surface area contributed by atoms with E-state index in [0.717, 1.165) is 7.11 Å². The molecule has 0 radical (unpaired) electrons. The second kappa shape index (κ2) is 6.05. The van der Waals surface area contributed by atoms with Crippen LogP contribution in [0.4, 0.5) is 13.2 Å². The summed E-state index contributed by atoms with van der Waals surface area (Å²) in [6.07, 6.45) is -4.24. The fourth-order valence-electron chi connectivity index (χ4n) is 1.26. The van der Waals surface area contributed by atoms with E-state index in [1.54, 1.807) is 6.92 Å². The molecule has 1 unspecified atom stereocenters. The zero-order valence-corrected chi connectivity index (χ0v) is 9.48. The van der Waals surface area contributed by atoms with Crippen LogP contribution in [0.5, 0.6) is 0 Å². The minimum atomic E-state index is -4.39. The lowest BCUT2D eigenvalue weighted by molar-refractivity contribution is -0.156. The SMILES string of the molecule is CCC(COC)(NCC(F)(F)F)C(=O)OC. The number of ether oxygens (including phenoxy) is 2. The largest absolute Gasteiger partial charge is 0.468 e. The molecule has 16 heavy (non-hydrogen) atoms. The van der Waals surface area contributed by atoms with Gasteiger partial charge in [0.15, 0.2) is 0 Å². The number of rotatable bonds is 6. The number of methoxy groups -OCH3 is 2. The van der Waals surface area contributed by atoms with Crippen LogP contribution in [-0.2, 0) is 14.3 Å². The predicted octanol–water partition coefficient (Wildman–Crippen LogP) is 1.11. The lowest BCUT2D eigenvalue weighted by Gasteiger charge is -2.30. The zero-order chi connectivity index (χ0) is 12.8. The molecule has 0 aliphatic carbocycles. The van der Waals surface area contributed by atoms with Crippen LogP contribution in [0.25, 0.3) is 0 Å². The third-order valence-corrected chi connectivity index (χ3v) is 2.20. The molecule has 0 amide bonds. The van der Waals surface area contributed by atoms with Gasteiger partial charge in [0.1, 0.15) is 5.54 Å². The molecule has 0 rings (SSSR count). The lowest BCUT2D eigenvalue weighted by Crippen LogP contribution is -2.57. The number of hydrogen-bond donors (Lipinski definition) is 1. The second-order valence-electron chi connectivity index (χ2n) is 3.33. The van der Waals surface area contributed by atoms with Crippen LogP contribution >= 0.6 is 0 Å². The minimum absolute atomic E-state index is 0.142. The van der Waals surface area contributed by atoms with Crippen molar-refractivity contribution in [3.05, 3.63) is 0 Å². The van der Waals surface area contributed by atoms with Gasteiger partial charge in [-0.25, -0.2) is 4.79 Å². The number of nitrogens with one attached hydrogen (secondary N) is 1. The molecule has 0 spiro atoms. The summed E-state index contributed by atoms with van der Waals surface area (Å²) < 4.78 is 45.5. The van der Waals surface area contributed by atoms with Gasteiger partial charge < -0.3 is 9.47 Å². The highest BCUT2D eigenvalue weighted by atomic mass is 19.4. The second-order valence-corrected chi connectivity index (χ2v) is 3.33. The van der Waals surface area contributed by atoms with Crippen LogP contribution in [0.2, 0.25) is 0 Å². The van der Waals surface area contributed by atoms with Gasteiger partial charge in [0.05, 0.1) is 20.3 Å². The van der Waals surface area contributed by atoms with Crippen molar-refractivity contribution in [3.8, 4) is 0 Å². The van der Waals surface area contributed by atoms with Gasteiger partial charge in [-0.05, 0) is 6.42 Å². The number of carbonyl (C=O) groups is 1. The van der Waals surface area contributed by atoms with Gasteiger partial charge in [-0.2, -0.15) is 13.2 Å². The van der Waals surface area contributed by atoms with Gasteiger partial charge >= 0.3 is 12.1 Å². The van der Waals surface area contributed by atoms with Crippen molar-refractivity contribution >= 4 is 5.97 Å². The predicted molar refractivity (Wildman–Crippen MR) is 51.0 cm³/mol. The summed E-state index contributed by atoms with van der Waals surface area (Å²) in [5, 5.41) is 2.15. The Balaban J connectivity index is 4.70. The summed E-state index contributed by atoms with van der Waals surface area (Å²) in [4.78, 5) is 11.4. The van der Waals surface area contributed by atoms with Gasteiger partial charge in [-0.15, -0.1) is 0 Å². The molecule has 0 fully saturated rings. The van der Waals surface area contributed by atoms with Crippen LogP contribution in [0.15, 0.2) is 0 Å². The van der Waals surface area contributed by atoms with Gasteiger partial charge in [0.2, 0.25) is 0 Å². The first kappa shape index (κ1) is 15.2. The standard InChI is InChI=1S/C9H16F3NO3/c1-4-8(6-15-2,7(14)16-3)13-5-9(10,11)12/h13H,4-6H2,1-3H3. The molecule has 0 aromatic carbocycles. The third kappa shape index (κ3) is 4.36. The molecule has 0 heterocycles. The average molecular weight is 243 g/mol. The summed E-state index contributed by atoms with van der Waals surface area (Å²) in [7, 11) is 2.43. The third-order valence-electron chi connectivity index (χ3n) is 2.20.